The van der Waals surface area contributed by atoms with E-state index in [0.717, 1.165) is 12.1 Å². The normalized spacial score (nSPS) is 9.91. The maximum Gasteiger partial charge on any atom is 0.200 e. The molecule has 1 aromatic heterocycles. The Morgan fingerprint density at radius 3 is 2.64 bits per heavy atom. The molecule has 0 saturated carbocycles. The van der Waals surface area contributed by atoms with E-state index in [4.69, 9.17) is 11.0 Å². The van der Waals surface area contributed by atoms with E-state index in [-0.39, 0.29) is 16.8 Å². The van der Waals surface area contributed by atoms with E-state index in [1.165, 1.54) is 18.5 Å². The molecule has 1 heterocycles. The summed E-state index contributed by atoms with van der Waals surface area (Å²) < 4.78 is 27.8. The lowest BCUT2D eigenvalue weighted by molar-refractivity contribution is 0.103. The second-order valence-electron chi connectivity index (χ2n) is 4.54. The van der Waals surface area contributed by atoms with E-state index in [9.17, 15) is 13.6 Å². The van der Waals surface area contributed by atoms with Gasteiger partial charge in [0.15, 0.2) is 5.82 Å². The number of H-pyrrole nitrogens is 2. The third kappa shape index (κ3) is 2.81. The maximum atomic E-state index is 14.0. The molecule has 22 heavy (non-hydrogen) atoms. The standard InChI is InChI=1S/C15H12F2N4O/c1-8-4-9(5-18)6-20-21-7-10(8)15(22)13-11(16)2-3-12(19)14(13)17/h2-4,6-7,20-21H,19H2,1H3. The number of aromatic amines is 2. The maximum absolute atomic E-state index is 14.0. The van der Waals surface area contributed by atoms with E-state index >= 15 is 0 Å². The first-order valence-electron chi connectivity index (χ1n) is 6.24. The van der Waals surface area contributed by atoms with Crippen LogP contribution in [0.5, 0.6) is 0 Å². The number of rotatable bonds is 2. The minimum absolute atomic E-state index is 0.0109. The fourth-order valence-electron chi connectivity index (χ4n) is 1.92. The molecule has 2 rings (SSSR count). The van der Waals surface area contributed by atoms with Crippen molar-refractivity contribution in [2.75, 3.05) is 5.73 Å². The van der Waals surface area contributed by atoms with Gasteiger partial charge in [-0.1, -0.05) is 0 Å². The predicted molar refractivity (Wildman–Crippen MR) is 76.4 cm³/mol. The molecule has 2 aromatic rings. The summed E-state index contributed by atoms with van der Waals surface area (Å²) in [6.07, 6.45) is 2.66. The Morgan fingerprint density at radius 2 is 1.95 bits per heavy atom. The number of benzene rings is 1. The van der Waals surface area contributed by atoms with Crippen LogP contribution in [0.3, 0.4) is 0 Å². The second-order valence-corrected chi connectivity index (χ2v) is 4.54. The van der Waals surface area contributed by atoms with Gasteiger partial charge in [-0.25, -0.2) is 8.78 Å². The number of halogens is 2. The van der Waals surface area contributed by atoms with Crippen LogP contribution in [-0.2, 0) is 0 Å². The van der Waals surface area contributed by atoms with Gasteiger partial charge < -0.3 is 15.9 Å². The average molecular weight is 302 g/mol. The third-order valence-electron chi connectivity index (χ3n) is 3.05. The Hall–Kier alpha value is -3.14. The average Bonchev–Trinajstić information content (AvgIpc) is 2.47. The number of anilines is 1. The van der Waals surface area contributed by atoms with E-state index in [1.54, 1.807) is 6.92 Å². The Kier molecular flexibility index (Phi) is 4.23. The topological polar surface area (TPSA) is 98.5 Å². The highest BCUT2D eigenvalue weighted by molar-refractivity contribution is 6.10. The van der Waals surface area contributed by atoms with Crippen LogP contribution >= 0.6 is 0 Å². The van der Waals surface area contributed by atoms with Crippen LogP contribution in [0, 0.1) is 29.9 Å². The monoisotopic (exact) mass is 302 g/mol. The van der Waals surface area contributed by atoms with Crippen LogP contribution in [0.25, 0.3) is 0 Å². The molecule has 4 N–H and O–H groups in total. The van der Waals surface area contributed by atoms with Crippen LogP contribution in [-0.4, -0.2) is 16.0 Å². The quantitative estimate of drug-likeness (QED) is 0.587. The number of nitrogen functional groups attached to an aromatic ring is 1. The van der Waals surface area contributed by atoms with Crippen LogP contribution in [0.1, 0.15) is 27.0 Å². The van der Waals surface area contributed by atoms with Gasteiger partial charge in [0.1, 0.15) is 11.9 Å². The van der Waals surface area contributed by atoms with Crippen molar-refractivity contribution in [1.82, 2.24) is 10.2 Å². The number of nitrogens with one attached hydrogen (secondary N) is 2. The van der Waals surface area contributed by atoms with E-state index < -0.39 is 23.0 Å². The number of nitrogens with two attached hydrogens (primary N) is 1. The van der Waals surface area contributed by atoms with Crippen molar-refractivity contribution in [3.05, 3.63) is 64.5 Å². The first-order chi connectivity index (χ1) is 10.5. The second kappa shape index (κ2) is 6.10. The molecule has 0 spiro atoms. The van der Waals surface area contributed by atoms with E-state index in [0.29, 0.717) is 5.56 Å². The number of nitrogens with zero attached hydrogens (tertiary/aromatic N) is 1. The van der Waals surface area contributed by atoms with Crippen molar-refractivity contribution in [1.29, 1.82) is 5.26 Å². The smallest absolute Gasteiger partial charge is 0.200 e. The molecule has 0 saturated heterocycles. The van der Waals surface area contributed by atoms with E-state index in [2.05, 4.69) is 10.2 Å². The molecule has 5 nitrogen and oxygen atoms in total. The third-order valence-corrected chi connectivity index (χ3v) is 3.05. The van der Waals surface area contributed by atoms with Crippen molar-refractivity contribution >= 4 is 11.5 Å². The van der Waals surface area contributed by atoms with Gasteiger partial charge in [-0.05, 0) is 30.7 Å². The number of hydrogen-bond acceptors (Lipinski definition) is 3. The van der Waals surface area contributed by atoms with Gasteiger partial charge in [0.2, 0.25) is 5.78 Å². The number of hydrogen-bond donors (Lipinski definition) is 3. The zero-order chi connectivity index (χ0) is 16.3. The SMILES string of the molecule is Cc1cc(C#N)c[nH][nH]cc1C(=O)c1c(F)ccc(N)c1F. The zero-order valence-electron chi connectivity index (χ0n) is 11.6. The number of aromatic nitrogens is 2. The lowest BCUT2D eigenvalue weighted by atomic mass is 9.99. The minimum atomic E-state index is -1.11. The fraction of sp³-hybridized carbons (Fsp3) is 0.0667. The van der Waals surface area contributed by atoms with Crippen LogP contribution < -0.4 is 5.73 Å². The highest BCUT2D eigenvalue weighted by Gasteiger charge is 2.22. The molecule has 0 aliphatic carbocycles. The lowest BCUT2D eigenvalue weighted by Crippen LogP contribution is -2.11. The van der Waals surface area contributed by atoms with Crippen molar-refractivity contribution in [2.24, 2.45) is 0 Å². The first-order valence-corrected chi connectivity index (χ1v) is 6.24. The zero-order valence-corrected chi connectivity index (χ0v) is 11.6. The molecule has 0 bridgehead atoms. The summed E-state index contributed by atoms with van der Waals surface area (Å²) in [6.45, 7) is 1.56. The molecule has 7 heteroatoms. The summed E-state index contributed by atoms with van der Waals surface area (Å²) >= 11 is 0. The van der Waals surface area contributed by atoms with Gasteiger partial charge in [-0.2, -0.15) is 5.26 Å². The van der Waals surface area contributed by atoms with Gasteiger partial charge in [-0.15, -0.1) is 0 Å². The van der Waals surface area contributed by atoms with Crippen molar-refractivity contribution < 1.29 is 13.6 Å². The first kappa shape index (κ1) is 15.3. The number of carbonyl (C=O) groups is 1. The number of aryl methyl sites for hydroxylation is 1. The molecule has 0 radical (unpaired) electrons. The number of carbonyl (C=O) groups excluding carboxylic acids is 1. The molecule has 0 aliphatic heterocycles. The van der Waals surface area contributed by atoms with Crippen LogP contribution in [0.15, 0.2) is 30.6 Å². The van der Waals surface area contributed by atoms with Gasteiger partial charge >= 0.3 is 0 Å². The minimum Gasteiger partial charge on any atom is -0.396 e. The van der Waals surface area contributed by atoms with Crippen LogP contribution in [0.2, 0.25) is 0 Å². The number of ketones is 1. The Balaban J connectivity index is 2.68. The van der Waals surface area contributed by atoms with Gasteiger partial charge in [0.25, 0.3) is 0 Å². The Labute approximate surface area is 124 Å². The molecule has 0 amide bonds. The highest BCUT2D eigenvalue weighted by atomic mass is 19.1. The predicted octanol–water partition coefficient (Wildman–Crippen LogP) is 2.74. The summed E-state index contributed by atoms with van der Waals surface area (Å²) in [6, 6.07) is 5.32. The molecule has 112 valence electrons. The van der Waals surface area contributed by atoms with Gasteiger partial charge in [0, 0.05) is 18.0 Å². The molecule has 1 aromatic carbocycles. The van der Waals surface area contributed by atoms with E-state index in [1.807, 2.05) is 6.07 Å². The molecule has 0 aliphatic rings. The summed E-state index contributed by atoms with van der Waals surface area (Å²) in [4.78, 5) is 12.4. The fourth-order valence-corrected chi connectivity index (χ4v) is 1.92. The van der Waals surface area contributed by atoms with Crippen molar-refractivity contribution in [3.63, 3.8) is 0 Å². The summed E-state index contributed by atoms with van der Waals surface area (Å²) in [5.74, 6) is -2.98. The molecular weight excluding hydrogens is 290 g/mol. The number of nitriles is 1. The van der Waals surface area contributed by atoms with Gasteiger partial charge in [0.05, 0.1) is 16.8 Å². The highest BCUT2D eigenvalue weighted by Crippen LogP contribution is 2.22. The molecule has 0 fully saturated rings. The summed E-state index contributed by atoms with van der Waals surface area (Å²) in [5.41, 5.74) is 4.97. The molecular formula is C15H12F2N4O. The van der Waals surface area contributed by atoms with Gasteiger partial charge in [-0.3, -0.25) is 4.79 Å². The molecule has 0 atom stereocenters. The lowest BCUT2D eigenvalue weighted by Gasteiger charge is -2.07. The largest absolute Gasteiger partial charge is 0.396 e. The Bertz CT molecular complexity index is 829. The van der Waals surface area contributed by atoms with Crippen LogP contribution in [0.4, 0.5) is 14.5 Å². The van der Waals surface area contributed by atoms with Crippen molar-refractivity contribution in [3.8, 4) is 6.07 Å². The Morgan fingerprint density at radius 1 is 1.27 bits per heavy atom. The summed E-state index contributed by atoms with van der Waals surface area (Å²) in [5, 5.41) is 14.0. The summed E-state index contributed by atoms with van der Waals surface area (Å²) in [7, 11) is 0. The van der Waals surface area contributed by atoms with Crippen molar-refractivity contribution in [2.45, 2.75) is 6.92 Å². The molecule has 0 unspecified atom stereocenters.